The molecule has 2 atom stereocenters. The fourth-order valence-electron chi connectivity index (χ4n) is 2.93. The van der Waals surface area contributed by atoms with Gasteiger partial charge in [0.05, 0.1) is 12.1 Å². The summed E-state index contributed by atoms with van der Waals surface area (Å²) in [6.07, 6.45) is 0. The average molecular weight is 305 g/mol. The Hall–Kier alpha value is -0.920. The molecule has 1 aliphatic heterocycles. The van der Waals surface area contributed by atoms with Gasteiger partial charge in [-0.15, -0.1) is 0 Å². The van der Waals surface area contributed by atoms with E-state index in [1.807, 2.05) is 0 Å². The fourth-order valence-corrected chi connectivity index (χ4v) is 4.87. The molecule has 0 N–H and O–H groups in total. The van der Waals surface area contributed by atoms with Crippen molar-refractivity contribution < 1.29 is 0 Å². The molecule has 20 heavy (non-hydrogen) atoms. The van der Waals surface area contributed by atoms with E-state index >= 15 is 0 Å². The Morgan fingerprint density at radius 2 is 1.10 bits per heavy atom. The molecule has 2 nitrogen and oxygen atoms in total. The number of halogens is 1. The van der Waals surface area contributed by atoms with Crippen molar-refractivity contribution >= 4 is 18.8 Å². The second kappa shape index (κ2) is 5.83. The van der Waals surface area contributed by atoms with Gasteiger partial charge < -0.3 is 0 Å². The quantitative estimate of drug-likeness (QED) is 0.735. The highest BCUT2D eigenvalue weighted by atomic mass is 35.7. The third-order valence-electron chi connectivity index (χ3n) is 3.91. The van der Waals surface area contributed by atoms with Crippen LogP contribution >= 0.6 is 18.8 Å². The predicted octanol–water partition coefficient (Wildman–Crippen LogP) is 4.81. The molecule has 0 aromatic heterocycles. The summed E-state index contributed by atoms with van der Waals surface area (Å²) in [5.41, 5.74) is 2.64. The van der Waals surface area contributed by atoms with Crippen molar-refractivity contribution in [2.75, 3.05) is 14.1 Å². The SMILES string of the molecule is CN1[C@H](c2ccccc2)[C@@H](c2ccccc2)N(C)P1Cl. The van der Waals surface area contributed by atoms with Crippen LogP contribution in [0.3, 0.4) is 0 Å². The normalized spacial score (nSPS) is 25.1. The van der Waals surface area contributed by atoms with Crippen LogP contribution in [-0.2, 0) is 0 Å². The van der Waals surface area contributed by atoms with E-state index in [1.165, 1.54) is 11.1 Å². The lowest BCUT2D eigenvalue weighted by Gasteiger charge is -2.26. The van der Waals surface area contributed by atoms with E-state index in [0.717, 1.165) is 0 Å². The predicted molar refractivity (Wildman–Crippen MR) is 86.7 cm³/mol. The molecule has 0 radical (unpaired) electrons. The molecule has 0 saturated carbocycles. The number of likely N-dealkylation sites (N-methyl/N-ethyl adjacent to an activating group) is 2. The van der Waals surface area contributed by atoms with Gasteiger partial charge in [-0.2, -0.15) is 0 Å². The highest BCUT2D eigenvalue weighted by Crippen LogP contribution is 2.64. The molecule has 1 aliphatic rings. The van der Waals surface area contributed by atoms with Gasteiger partial charge in [0.2, 0.25) is 0 Å². The molecule has 0 bridgehead atoms. The molecule has 2 aromatic rings. The van der Waals surface area contributed by atoms with E-state index in [9.17, 15) is 0 Å². The standard InChI is InChI=1S/C16H18ClN2P/c1-18-15(13-9-5-3-6-10-13)16(19(2)20(18)17)14-11-7-4-8-12-14/h3-12,15-16H,1-2H3/t15-,16-/m1/s1. The molecular formula is C16H18ClN2P. The van der Waals surface area contributed by atoms with Gasteiger partial charge in [-0.05, 0) is 25.2 Å². The number of nitrogens with zero attached hydrogens (tertiary/aromatic N) is 2. The van der Waals surface area contributed by atoms with Gasteiger partial charge in [0, 0.05) is 0 Å². The maximum atomic E-state index is 6.62. The number of hydrogen-bond donors (Lipinski definition) is 0. The Morgan fingerprint density at radius 1 is 0.750 bits per heavy atom. The summed E-state index contributed by atoms with van der Waals surface area (Å²) in [5, 5.41) is 0. The van der Waals surface area contributed by atoms with E-state index in [2.05, 4.69) is 84.1 Å². The van der Waals surface area contributed by atoms with E-state index in [1.54, 1.807) is 0 Å². The highest BCUT2D eigenvalue weighted by Gasteiger charge is 2.44. The van der Waals surface area contributed by atoms with Gasteiger partial charge in [-0.25, -0.2) is 0 Å². The molecule has 1 fully saturated rings. The summed E-state index contributed by atoms with van der Waals surface area (Å²) in [4.78, 5) is 0. The Kier molecular flexibility index (Phi) is 4.09. The number of rotatable bonds is 2. The van der Waals surface area contributed by atoms with Crippen molar-refractivity contribution in [3.63, 3.8) is 0 Å². The fraction of sp³-hybridized carbons (Fsp3) is 0.250. The zero-order chi connectivity index (χ0) is 14.1. The van der Waals surface area contributed by atoms with E-state index in [-0.39, 0.29) is 0 Å². The van der Waals surface area contributed by atoms with Crippen LogP contribution in [0.2, 0.25) is 0 Å². The third kappa shape index (κ3) is 2.38. The monoisotopic (exact) mass is 304 g/mol. The van der Waals surface area contributed by atoms with Crippen LogP contribution < -0.4 is 0 Å². The third-order valence-corrected chi connectivity index (χ3v) is 6.88. The molecule has 0 aliphatic carbocycles. The minimum Gasteiger partial charge on any atom is -0.251 e. The lowest BCUT2D eigenvalue weighted by Crippen LogP contribution is -2.20. The molecule has 0 spiro atoms. The molecule has 1 heterocycles. The maximum absolute atomic E-state index is 6.62. The Morgan fingerprint density at radius 3 is 1.45 bits per heavy atom. The largest absolute Gasteiger partial charge is 0.251 e. The summed E-state index contributed by atoms with van der Waals surface area (Å²) in [6.45, 7) is 0. The lowest BCUT2D eigenvalue weighted by atomic mass is 9.93. The summed E-state index contributed by atoms with van der Waals surface area (Å²) < 4.78 is 4.59. The number of hydrogen-bond acceptors (Lipinski definition) is 2. The second-order valence-corrected chi connectivity index (χ2v) is 7.75. The number of benzene rings is 2. The van der Waals surface area contributed by atoms with E-state index in [0.29, 0.717) is 12.1 Å². The second-order valence-electron chi connectivity index (χ2n) is 5.10. The Balaban J connectivity index is 2.05. The van der Waals surface area contributed by atoms with Crippen molar-refractivity contribution in [1.82, 2.24) is 9.34 Å². The minimum absolute atomic E-state index is 0.298. The van der Waals surface area contributed by atoms with Crippen LogP contribution in [0.5, 0.6) is 0 Å². The molecular weight excluding hydrogens is 287 g/mol. The van der Waals surface area contributed by atoms with Crippen LogP contribution in [0.25, 0.3) is 0 Å². The highest BCUT2D eigenvalue weighted by molar-refractivity contribution is 7.80. The summed E-state index contributed by atoms with van der Waals surface area (Å²) in [7, 11) is 3.47. The van der Waals surface area contributed by atoms with Gasteiger partial charge >= 0.3 is 0 Å². The van der Waals surface area contributed by atoms with Gasteiger partial charge in [0.25, 0.3) is 0 Å². The molecule has 1 saturated heterocycles. The average Bonchev–Trinajstić information content (AvgIpc) is 2.73. The van der Waals surface area contributed by atoms with Crippen LogP contribution in [0.1, 0.15) is 23.2 Å². The van der Waals surface area contributed by atoms with Gasteiger partial charge in [0.15, 0.2) is 0 Å². The van der Waals surface area contributed by atoms with E-state index in [4.69, 9.17) is 11.2 Å². The zero-order valence-corrected chi connectivity index (χ0v) is 13.3. The van der Waals surface area contributed by atoms with Crippen LogP contribution in [0.15, 0.2) is 60.7 Å². The summed E-state index contributed by atoms with van der Waals surface area (Å²) in [6, 6.07) is 21.9. The molecule has 0 amide bonds. The van der Waals surface area contributed by atoms with Crippen molar-refractivity contribution in [3.8, 4) is 0 Å². The first kappa shape index (κ1) is 14.0. The maximum Gasteiger partial charge on any atom is 0.141 e. The van der Waals surface area contributed by atoms with Gasteiger partial charge in [0.1, 0.15) is 7.58 Å². The van der Waals surface area contributed by atoms with Gasteiger partial charge in [-0.3, -0.25) is 9.34 Å². The first-order valence-electron chi connectivity index (χ1n) is 6.71. The first-order chi connectivity index (χ1) is 9.70. The smallest absolute Gasteiger partial charge is 0.141 e. The first-order valence-corrected chi connectivity index (χ1v) is 8.86. The lowest BCUT2D eigenvalue weighted by molar-refractivity contribution is 0.316. The van der Waals surface area contributed by atoms with Crippen LogP contribution in [0.4, 0.5) is 0 Å². The van der Waals surface area contributed by atoms with Crippen molar-refractivity contribution in [1.29, 1.82) is 0 Å². The van der Waals surface area contributed by atoms with Crippen molar-refractivity contribution in [2.45, 2.75) is 12.1 Å². The summed E-state index contributed by atoms with van der Waals surface area (Å²) in [5.74, 6) is 0. The molecule has 3 rings (SSSR count). The molecule has 104 valence electrons. The Bertz CT molecular complexity index is 512. The zero-order valence-electron chi connectivity index (χ0n) is 11.6. The minimum atomic E-state index is -0.774. The topological polar surface area (TPSA) is 6.48 Å². The molecule has 2 aromatic carbocycles. The van der Waals surface area contributed by atoms with Crippen molar-refractivity contribution in [3.05, 3.63) is 71.8 Å². The molecule has 0 unspecified atom stereocenters. The van der Waals surface area contributed by atoms with Gasteiger partial charge in [-0.1, -0.05) is 71.9 Å². The Labute approximate surface area is 126 Å². The van der Waals surface area contributed by atoms with Crippen molar-refractivity contribution in [2.24, 2.45) is 0 Å². The van der Waals surface area contributed by atoms with Crippen LogP contribution in [0, 0.1) is 0 Å². The van der Waals surface area contributed by atoms with Crippen LogP contribution in [-0.4, -0.2) is 23.4 Å². The molecule has 4 heteroatoms. The summed E-state index contributed by atoms with van der Waals surface area (Å²) >= 11 is 6.62. The van der Waals surface area contributed by atoms with E-state index < -0.39 is 7.58 Å².